The summed E-state index contributed by atoms with van der Waals surface area (Å²) in [5, 5.41) is 0. The second-order valence-electron chi connectivity index (χ2n) is 4.69. The number of ether oxygens (including phenoxy) is 3. The second kappa shape index (κ2) is 5.42. The lowest BCUT2D eigenvalue weighted by Gasteiger charge is -2.20. The van der Waals surface area contributed by atoms with Crippen LogP contribution in [0.15, 0.2) is 47.4 Å². The van der Waals surface area contributed by atoms with Crippen molar-refractivity contribution in [1.29, 1.82) is 0 Å². The van der Waals surface area contributed by atoms with E-state index in [0.717, 1.165) is 0 Å². The van der Waals surface area contributed by atoms with Crippen molar-refractivity contribution in [1.82, 2.24) is 0 Å². The third kappa shape index (κ3) is 2.43. The van der Waals surface area contributed by atoms with Crippen LogP contribution in [0.2, 0.25) is 0 Å². The highest BCUT2D eigenvalue weighted by atomic mass is 32.2. The van der Waals surface area contributed by atoms with Gasteiger partial charge in [0.05, 0.1) is 17.7 Å². The summed E-state index contributed by atoms with van der Waals surface area (Å²) < 4.78 is 42.0. The van der Waals surface area contributed by atoms with Gasteiger partial charge in [0.2, 0.25) is 6.79 Å². The minimum atomic E-state index is -3.65. The predicted octanol–water partition coefficient (Wildman–Crippen LogP) is 2.25. The zero-order chi connectivity index (χ0) is 15.7. The van der Waals surface area contributed by atoms with E-state index < -0.39 is 10.0 Å². The Kier molecular flexibility index (Phi) is 3.58. The maximum atomic E-state index is 12.6. The Labute approximate surface area is 128 Å². The molecule has 0 aromatic heterocycles. The molecule has 0 bridgehead atoms. The molecule has 2 aromatic carbocycles. The minimum absolute atomic E-state index is 0.147. The Morgan fingerprint density at radius 3 is 2.41 bits per heavy atom. The van der Waals surface area contributed by atoms with Crippen LogP contribution in [-0.2, 0) is 10.0 Å². The molecule has 0 saturated carbocycles. The highest BCUT2D eigenvalue weighted by Crippen LogP contribution is 2.36. The molecule has 0 atom stereocenters. The normalized spacial score (nSPS) is 13.0. The maximum Gasteiger partial charge on any atom is 0.264 e. The summed E-state index contributed by atoms with van der Waals surface area (Å²) in [7, 11) is -0.626. The molecule has 1 heterocycles. The Balaban J connectivity index is 1.93. The number of anilines is 1. The van der Waals surface area contributed by atoms with Gasteiger partial charge >= 0.3 is 0 Å². The number of sulfonamides is 1. The summed E-state index contributed by atoms with van der Waals surface area (Å²) in [6.07, 6.45) is 0. The molecule has 7 heteroatoms. The van der Waals surface area contributed by atoms with Crippen LogP contribution in [0.4, 0.5) is 5.69 Å². The van der Waals surface area contributed by atoms with Gasteiger partial charge in [-0.1, -0.05) is 0 Å². The summed E-state index contributed by atoms with van der Waals surface area (Å²) in [5.74, 6) is 1.75. The van der Waals surface area contributed by atoms with Gasteiger partial charge in [0.1, 0.15) is 5.75 Å². The summed E-state index contributed by atoms with van der Waals surface area (Å²) >= 11 is 0. The highest BCUT2D eigenvalue weighted by Gasteiger charge is 2.23. The van der Waals surface area contributed by atoms with Crippen molar-refractivity contribution in [3.8, 4) is 17.2 Å². The molecule has 0 spiro atoms. The van der Waals surface area contributed by atoms with Crippen molar-refractivity contribution < 1.29 is 22.6 Å². The SMILES string of the molecule is COc1ccc(S(=O)(=O)N(C)c2ccc3c(c2)OCO3)cc1. The van der Waals surface area contributed by atoms with Crippen LogP contribution >= 0.6 is 0 Å². The summed E-state index contributed by atoms with van der Waals surface area (Å²) in [4.78, 5) is 0.188. The first kappa shape index (κ1) is 14.5. The largest absolute Gasteiger partial charge is 0.497 e. The third-order valence-electron chi connectivity index (χ3n) is 3.44. The van der Waals surface area contributed by atoms with Crippen LogP contribution < -0.4 is 18.5 Å². The molecule has 0 unspecified atom stereocenters. The van der Waals surface area contributed by atoms with Crippen molar-refractivity contribution in [3.63, 3.8) is 0 Å². The van der Waals surface area contributed by atoms with Crippen molar-refractivity contribution in [3.05, 3.63) is 42.5 Å². The number of fused-ring (bicyclic) bond motifs is 1. The molecule has 0 radical (unpaired) electrons. The van der Waals surface area contributed by atoms with Gasteiger partial charge in [0.25, 0.3) is 10.0 Å². The fourth-order valence-corrected chi connectivity index (χ4v) is 3.31. The fourth-order valence-electron chi connectivity index (χ4n) is 2.13. The first-order valence-electron chi connectivity index (χ1n) is 6.55. The van der Waals surface area contributed by atoms with E-state index in [4.69, 9.17) is 14.2 Å². The number of hydrogen-bond donors (Lipinski definition) is 0. The van der Waals surface area contributed by atoms with Crippen LogP contribution in [0.1, 0.15) is 0 Å². The Bertz CT molecular complexity index is 786. The van der Waals surface area contributed by atoms with Gasteiger partial charge in [-0.15, -0.1) is 0 Å². The monoisotopic (exact) mass is 321 g/mol. The molecule has 3 rings (SSSR count). The first-order valence-corrected chi connectivity index (χ1v) is 7.99. The number of benzene rings is 2. The van der Waals surface area contributed by atoms with Gasteiger partial charge in [-0.05, 0) is 36.4 Å². The van der Waals surface area contributed by atoms with Crippen LogP contribution in [0, 0.1) is 0 Å². The van der Waals surface area contributed by atoms with Gasteiger partial charge in [-0.25, -0.2) is 8.42 Å². The molecular weight excluding hydrogens is 306 g/mol. The lowest BCUT2D eigenvalue weighted by molar-refractivity contribution is 0.174. The summed E-state index contributed by atoms with van der Waals surface area (Å²) in [6, 6.07) is 11.3. The molecule has 6 nitrogen and oxygen atoms in total. The standard InChI is InChI=1S/C15H15NO5S/c1-16(11-3-8-14-15(9-11)21-10-20-14)22(17,18)13-6-4-12(19-2)5-7-13/h3-9H,10H2,1-2H3. The molecule has 0 N–H and O–H groups in total. The lowest BCUT2D eigenvalue weighted by atomic mass is 10.3. The quantitative estimate of drug-likeness (QED) is 0.864. The molecule has 0 saturated heterocycles. The highest BCUT2D eigenvalue weighted by molar-refractivity contribution is 7.92. The van der Waals surface area contributed by atoms with E-state index in [1.165, 1.54) is 30.6 Å². The Morgan fingerprint density at radius 2 is 1.73 bits per heavy atom. The van der Waals surface area contributed by atoms with Gasteiger partial charge in [0.15, 0.2) is 11.5 Å². The average molecular weight is 321 g/mol. The van der Waals surface area contributed by atoms with E-state index in [9.17, 15) is 8.42 Å². The second-order valence-corrected chi connectivity index (χ2v) is 6.65. The van der Waals surface area contributed by atoms with E-state index >= 15 is 0 Å². The van der Waals surface area contributed by atoms with Gasteiger partial charge in [-0.2, -0.15) is 0 Å². The van der Waals surface area contributed by atoms with Crippen LogP contribution in [-0.4, -0.2) is 29.4 Å². The smallest absolute Gasteiger partial charge is 0.264 e. The van der Waals surface area contributed by atoms with Crippen molar-refractivity contribution in [2.45, 2.75) is 4.90 Å². The van der Waals surface area contributed by atoms with Gasteiger partial charge < -0.3 is 14.2 Å². The summed E-state index contributed by atoms with van der Waals surface area (Å²) in [6.45, 7) is 0.147. The molecule has 1 aliphatic heterocycles. The molecule has 0 aliphatic carbocycles. The first-order chi connectivity index (χ1) is 10.5. The van der Waals surface area contributed by atoms with E-state index in [1.54, 1.807) is 30.3 Å². The van der Waals surface area contributed by atoms with Crippen molar-refractivity contribution >= 4 is 15.7 Å². The molecule has 22 heavy (non-hydrogen) atoms. The molecule has 116 valence electrons. The number of nitrogens with zero attached hydrogens (tertiary/aromatic N) is 1. The topological polar surface area (TPSA) is 65.1 Å². The van der Waals surface area contributed by atoms with E-state index in [-0.39, 0.29) is 11.7 Å². The van der Waals surface area contributed by atoms with Crippen LogP contribution in [0.25, 0.3) is 0 Å². The van der Waals surface area contributed by atoms with Crippen molar-refractivity contribution in [2.75, 3.05) is 25.3 Å². The molecule has 1 aliphatic rings. The van der Waals surface area contributed by atoms with Gasteiger partial charge in [-0.3, -0.25) is 4.31 Å². The van der Waals surface area contributed by atoms with Gasteiger partial charge in [0, 0.05) is 13.1 Å². The molecule has 2 aromatic rings. The van der Waals surface area contributed by atoms with Crippen LogP contribution in [0.5, 0.6) is 17.2 Å². The predicted molar refractivity (Wildman–Crippen MR) is 81.1 cm³/mol. The third-order valence-corrected chi connectivity index (χ3v) is 5.24. The molecule has 0 amide bonds. The molecular formula is C15H15NO5S. The fraction of sp³-hybridized carbons (Fsp3) is 0.200. The number of methoxy groups -OCH3 is 1. The van der Waals surface area contributed by atoms with Crippen molar-refractivity contribution in [2.24, 2.45) is 0 Å². The Hall–Kier alpha value is -2.41. The number of rotatable bonds is 4. The average Bonchev–Trinajstić information content (AvgIpc) is 3.01. The molecule has 0 fully saturated rings. The zero-order valence-electron chi connectivity index (χ0n) is 12.1. The zero-order valence-corrected chi connectivity index (χ0v) is 13.0. The summed E-state index contributed by atoms with van der Waals surface area (Å²) in [5.41, 5.74) is 0.500. The maximum absolute atomic E-state index is 12.6. The number of hydrogen-bond acceptors (Lipinski definition) is 5. The van der Waals surface area contributed by atoms with E-state index in [0.29, 0.717) is 22.9 Å². The Morgan fingerprint density at radius 1 is 1.05 bits per heavy atom. The van der Waals surface area contributed by atoms with E-state index in [1.807, 2.05) is 0 Å². The minimum Gasteiger partial charge on any atom is -0.497 e. The lowest BCUT2D eigenvalue weighted by Crippen LogP contribution is -2.26. The van der Waals surface area contributed by atoms with Crippen LogP contribution in [0.3, 0.4) is 0 Å². The van der Waals surface area contributed by atoms with E-state index in [2.05, 4.69) is 0 Å².